The molecule has 3 nitrogen and oxygen atoms in total. The Morgan fingerprint density at radius 1 is 1.16 bits per heavy atom. The van der Waals surface area contributed by atoms with Crippen LogP contribution < -0.4 is 5.32 Å². The normalized spacial score (nSPS) is 14.3. The van der Waals surface area contributed by atoms with E-state index in [4.69, 9.17) is 11.6 Å². The fourth-order valence-corrected chi connectivity index (χ4v) is 2.37. The summed E-state index contributed by atoms with van der Waals surface area (Å²) in [6.45, 7) is 4.34. The van der Waals surface area contributed by atoms with E-state index >= 15 is 0 Å². The van der Waals surface area contributed by atoms with E-state index in [1.54, 1.807) is 6.20 Å². The van der Waals surface area contributed by atoms with Crippen molar-refractivity contribution >= 4 is 11.6 Å². The number of hydrogen-bond donors (Lipinski definition) is 2. The van der Waals surface area contributed by atoms with E-state index in [1.165, 1.54) is 5.56 Å². The molecule has 2 rings (SSSR count). The maximum atomic E-state index is 5.94. The zero-order valence-electron chi connectivity index (χ0n) is 11.4. The van der Waals surface area contributed by atoms with Gasteiger partial charge in [0.1, 0.15) is 5.82 Å². The summed E-state index contributed by atoms with van der Waals surface area (Å²) in [4.78, 5) is 7.53. The number of benzene rings is 1. The Labute approximate surface area is 119 Å². The number of halogens is 1. The molecule has 2 unspecified atom stereocenters. The van der Waals surface area contributed by atoms with Gasteiger partial charge in [0.05, 0.1) is 6.04 Å². The van der Waals surface area contributed by atoms with Crippen LogP contribution in [-0.2, 0) is 0 Å². The summed E-state index contributed by atoms with van der Waals surface area (Å²) in [5.41, 5.74) is 1.26. The minimum absolute atomic E-state index is 0.246. The van der Waals surface area contributed by atoms with E-state index in [0.717, 1.165) is 23.7 Å². The Bertz CT molecular complexity index is 479. The van der Waals surface area contributed by atoms with Gasteiger partial charge in [-0.05, 0) is 30.5 Å². The van der Waals surface area contributed by atoms with Crippen molar-refractivity contribution in [2.24, 2.45) is 0 Å². The highest BCUT2D eigenvalue weighted by molar-refractivity contribution is 6.30. The maximum absolute atomic E-state index is 5.94. The number of imidazole rings is 1. The van der Waals surface area contributed by atoms with E-state index in [9.17, 15) is 0 Å². The third kappa shape index (κ3) is 3.58. The molecule has 19 heavy (non-hydrogen) atoms. The Balaban J connectivity index is 2.11. The fourth-order valence-electron chi connectivity index (χ4n) is 2.25. The van der Waals surface area contributed by atoms with E-state index in [1.807, 2.05) is 18.3 Å². The van der Waals surface area contributed by atoms with Gasteiger partial charge in [-0.2, -0.15) is 0 Å². The van der Waals surface area contributed by atoms with Crippen molar-refractivity contribution in [3.63, 3.8) is 0 Å². The number of rotatable bonds is 6. The first kappa shape index (κ1) is 14.1. The first-order valence-corrected chi connectivity index (χ1v) is 7.13. The smallest absolute Gasteiger partial charge is 0.123 e. The van der Waals surface area contributed by atoms with Crippen LogP contribution in [0, 0.1) is 0 Å². The number of aromatic nitrogens is 2. The predicted octanol–water partition coefficient (Wildman–Crippen LogP) is 4.26. The average molecular weight is 278 g/mol. The number of nitrogens with one attached hydrogen (secondary N) is 2. The average Bonchev–Trinajstić information content (AvgIpc) is 2.95. The van der Waals surface area contributed by atoms with E-state index < -0.39 is 0 Å². The molecule has 0 amide bonds. The van der Waals surface area contributed by atoms with Crippen LogP contribution >= 0.6 is 11.6 Å². The summed E-state index contributed by atoms with van der Waals surface area (Å²) in [5, 5.41) is 4.43. The zero-order chi connectivity index (χ0) is 13.7. The highest BCUT2D eigenvalue weighted by Gasteiger charge is 2.17. The maximum Gasteiger partial charge on any atom is 0.123 e. The Hall–Kier alpha value is -1.32. The van der Waals surface area contributed by atoms with Gasteiger partial charge in [0, 0.05) is 23.5 Å². The Morgan fingerprint density at radius 2 is 1.84 bits per heavy atom. The summed E-state index contributed by atoms with van der Waals surface area (Å²) < 4.78 is 0. The molecular weight excluding hydrogens is 258 g/mol. The van der Waals surface area contributed by atoms with E-state index in [-0.39, 0.29) is 6.04 Å². The second kappa shape index (κ2) is 6.73. The summed E-state index contributed by atoms with van der Waals surface area (Å²) in [7, 11) is 0. The Morgan fingerprint density at radius 3 is 2.37 bits per heavy atom. The first-order chi connectivity index (χ1) is 9.24. The third-order valence-electron chi connectivity index (χ3n) is 3.34. The van der Waals surface area contributed by atoms with Gasteiger partial charge in [0.25, 0.3) is 0 Å². The lowest BCUT2D eigenvalue weighted by atomic mass is 10.0. The van der Waals surface area contributed by atoms with Crippen LogP contribution in [0.25, 0.3) is 0 Å². The number of nitrogens with zero attached hydrogens (tertiary/aromatic N) is 1. The molecule has 102 valence electrons. The van der Waals surface area contributed by atoms with Crippen LogP contribution in [0.4, 0.5) is 0 Å². The molecule has 0 radical (unpaired) electrons. The van der Waals surface area contributed by atoms with Crippen LogP contribution in [-0.4, -0.2) is 9.97 Å². The minimum atomic E-state index is 0.246. The molecule has 0 aliphatic rings. The highest BCUT2D eigenvalue weighted by atomic mass is 35.5. The van der Waals surface area contributed by atoms with Gasteiger partial charge in [-0.1, -0.05) is 37.6 Å². The molecule has 2 atom stereocenters. The highest BCUT2D eigenvalue weighted by Crippen LogP contribution is 2.23. The molecule has 1 aromatic carbocycles. The van der Waals surface area contributed by atoms with E-state index in [0.29, 0.717) is 6.04 Å². The van der Waals surface area contributed by atoms with Crippen LogP contribution in [0.2, 0.25) is 5.02 Å². The van der Waals surface area contributed by atoms with Crippen molar-refractivity contribution in [3.05, 3.63) is 53.1 Å². The molecule has 4 heteroatoms. The SMILES string of the molecule is CCC(NC(CC)c1ncc[nH]1)c1ccc(Cl)cc1. The molecule has 2 N–H and O–H groups in total. The standard InChI is InChI=1S/C15H20ClN3/c1-3-13(11-5-7-12(16)8-6-11)19-14(4-2)15-17-9-10-18-15/h5-10,13-14,19H,3-4H2,1-2H3,(H,17,18). The molecular formula is C15H20ClN3. The lowest BCUT2D eigenvalue weighted by molar-refractivity contribution is 0.413. The predicted molar refractivity (Wildman–Crippen MR) is 79.2 cm³/mol. The molecule has 0 bridgehead atoms. The number of aromatic amines is 1. The van der Waals surface area contributed by atoms with Gasteiger partial charge in [0.15, 0.2) is 0 Å². The van der Waals surface area contributed by atoms with Gasteiger partial charge in [-0.3, -0.25) is 0 Å². The minimum Gasteiger partial charge on any atom is -0.347 e. The Kier molecular flexibility index (Phi) is 5.00. The second-order valence-corrected chi connectivity index (χ2v) is 5.05. The summed E-state index contributed by atoms with van der Waals surface area (Å²) in [6.07, 6.45) is 5.68. The number of hydrogen-bond acceptors (Lipinski definition) is 2. The van der Waals surface area contributed by atoms with Gasteiger partial charge in [-0.15, -0.1) is 0 Å². The van der Waals surface area contributed by atoms with Crippen molar-refractivity contribution in [1.82, 2.24) is 15.3 Å². The van der Waals surface area contributed by atoms with Gasteiger partial charge in [-0.25, -0.2) is 4.98 Å². The van der Waals surface area contributed by atoms with Gasteiger partial charge in [0.2, 0.25) is 0 Å². The lowest BCUT2D eigenvalue weighted by Gasteiger charge is -2.23. The van der Waals surface area contributed by atoms with Crippen LogP contribution in [0.5, 0.6) is 0 Å². The molecule has 0 aliphatic heterocycles. The van der Waals surface area contributed by atoms with Crippen LogP contribution in [0.15, 0.2) is 36.7 Å². The van der Waals surface area contributed by atoms with E-state index in [2.05, 4.69) is 41.3 Å². The lowest BCUT2D eigenvalue weighted by Crippen LogP contribution is -2.26. The largest absolute Gasteiger partial charge is 0.347 e. The quantitative estimate of drug-likeness (QED) is 0.828. The number of H-pyrrole nitrogens is 1. The monoisotopic (exact) mass is 277 g/mol. The second-order valence-electron chi connectivity index (χ2n) is 4.61. The van der Waals surface area contributed by atoms with Crippen molar-refractivity contribution in [2.75, 3.05) is 0 Å². The van der Waals surface area contributed by atoms with Crippen LogP contribution in [0.3, 0.4) is 0 Å². The van der Waals surface area contributed by atoms with Crippen molar-refractivity contribution in [1.29, 1.82) is 0 Å². The zero-order valence-corrected chi connectivity index (χ0v) is 12.1. The fraction of sp³-hybridized carbons (Fsp3) is 0.400. The summed E-state index contributed by atoms with van der Waals surface area (Å²) in [5.74, 6) is 0.995. The molecule has 0 saturated carbocycles. The van der Waals surface area contributed by atoms with Crippen molar-refractivity contribution < 1.29 is 0 Å². The molecule has 1 heterocycles. The summed E-state index contributed by atoms with van der Waals surface area (Å²) in [6, 6.07) is 8.60. The third-order valence-corrected chi connectivity index (χ3v) is 3.59. The first-order valence-electron chi connectivity index (χ1n) is 6.75. The van der Waals surface area contributed by atoms with Gasteiger partial charge < -0.3 is 10.3 Å². The summed E-state index contributed by atoms with van der Waals surface area (Å²) >= 11 is 5.94. The molecule has 0 spiro atoms. The molecule has 0 saturated heterocycles. The van der Waals surface area contributed by atoms with Crippen LogP contribution in [0.1, 0.15) is 50.2 Å². The topological polar surface area (TPSA) is 40.7 Å². The molecule has 0 aliphatic carbocycles. The molecule has 0 fully saturated rings. The van der Waals surface area contributed by atoms with Gasteiger partial charge >= 0.3 is 0 Å². The van der Waals surface area contributed by atoms with Crippen molar-refractivity contribution in [2.45, 2.75) is 38.8 Å². The molecule has 1 aromatic heterocycles. The van der Waals surface area contributed by atoms with Crippen molar-refractivity contribution in [3.8, 4) is 0 Å². The molecule has 2 aromatic rings.